The number of likely N-dealkylation sites (N-methyl/N-ethyl adjacent to an activating group) is 1. The first-order valence-corrected chi connectivity index (χ1v) is 21.7. The van der Waals surface area contributed by atoms with Gasteiger partial charge in [0.1, 0.15) is 16.7 Å². The molecule has 16 nitrogen and oxygen atoms in total. The number of fused-ring (bicyclic) bond motifs is 2. The first-order valence-electron chi connectivity index (χ1n) is 18.8. The van der Waals surface area contributed by atoms with E-state index in [-0.39, 0.29) is 47.5 Å². The highest BCUT2D eigenvalue weighted by molar-refractivity contribution is 7.86. The second-order valence-corrected chi connectivity index (χ2v) is 17.9. The van der Waals surface area contributed by atoms with Gasteiger partial charge >= 0.3 is 0 Å². The Hall–Kier alpha value is -5.39. The maximum Gasteiger partial charge on any atom is 0.294 e. The second-order valence-electron chi connectivity index (χ2n) is 15.1. The van der Waals surface area contributed by atoms with E-state index in [2.05, 4.69) is 35.1 Å². The van der Waals surface area contributed by atoms with E-state index in [1.165, 1.54) is 30.5 Å². The summed E-state index contributed by atoms with van der Waals surface area (Å²) in [6.45, 7) is 11.3. The summed E-state index contributed by atoms with van der Waals surface area (Å²) in [7, 11) is -9.10. The predicted octanol–water partition coefficient (Wildman–Crippen LogP) is 6.38. The lowest BCUT2D eigenvalue weighted by Crippen LogP contribution is -2.28. The van der Waals surface area contributed by atoms with Gasteiger partial charge in [0.2, 0.25) is 17.5 Å². The molecule has 2 aromatic carbocycles. The van der Waals surface area contributed by atoms with Gasteiger partial charge in [0.05, 0.1) is 33.6 Å². The molecule has 2 aliphatic heterocycles. The molecule has 0 unspecified atom stereocenters. The van der Waals surface area contributed by atoms with E-state index in [0.717, 1.165) is 28.3 Å². The van der Waals surface area contributed by atoms with Gasteiger partial charge in [-0.25, -0.2) is 8.42 Å². The number of anilines is 2. The number of amides is 2. The van der Waals surface area contributed by atoms with Crippen LogP contribution >= 0.6 is 0 Å². The molecule has 1 aromatic heterocycles. The van der Waals surface area contributed by atoms with Crippen molar-refractivity contribution in [3.63, 3.8) is 0 Å². The summed E-state index contributed by atoms with van der Waals surface area (Å²) in [5.74, 6) is -0.462. The van der Waals surface area contributed by atoms with E-state index in [1.54, 1.807) is 24.3 Å². The second kappa shape index (κ2) is 17.6. The Morgan fingerprint density at radius 1 is 0.966 bits per heavy atom. The van der Waals surface area contributed by atoms with Gasteiger partial charge in [0.15, 0.2) is 5.71 Å². The Bertz CT molecular complexity index is 2450. The van der Waals surface area contributed by atoms with E-state index in [9.17, 15) is 35.5 Å². The minimum Gasteiger partial charge on any atom is -0.744 e. The Morgan fingerprint density at radius 2 is 1.69 bits per heavy atom. The van der Waals surface area contributed by atoms with Gasteiger partial charge < -0.3 is 20.1 Å². The highest BCUT2D eigenvalue weighted by Gasteiger charge is 2.45. The van der Waals surface area contributed by atoms with Crippen LogP contribution in [0.2, 0.25) is 0 Å². The molecule has 0 saturated carbocycles. The lowest BCUT2D eigenvalue weighted by molar-refractivity contribution is -0.438. The Labute approximate surface area is 338 Å². The summed E-state index contributed by atoms with van der Waals surface area (Å²) in [5.41, 5.74) is 13.1. The largest absolute Gasteiger partial charge is 0.744 e. The van der Waals surface area contributed by atoms with Gasteiger partial charge in [-0.1, -0.05) is 25.0 Å². The van der Waals surface area contributed by atoms with Crippen molar-refractivity contribution in [2.75, 3.05) is 29.9 Å². The molecule has 3 heterocycles. The number of unbranched alkanes of at least 4 members (excludes halogenated alkanes) is 2. The van der Waals surface area contributed by atoms with Crippen molar-refractivity contribution in [2.24, 2.45) is 5.11 Å². The van der Waals surface area contributed by atoms with Crippen molar-refractivity contribution in [2.45, 2.75) is 93.9 Å². The van der Waals surface area contributed by atoms with Crippen molar-refractivity contribution < 1.29 is 40.1 Å². The van der Waals surface area contributed by atoms with Crippen LogP contribution in [0.1, 0.15) is 83.5 Å². The maximum absolute atomic E-state index is 12.6. The molecule has 3 N–H and O–H groups in total. The molecule has 2 aliphatic rings. The molecular weight excluding hydrogens is 785 g/mol. The Balaban J connectivity index is 1.25. The van der Waals surface area contributed by atoms with E-state index in [4.69, 9.17) is 5.53 Å². The van der Waals surface area contributed by atoms with E-state index < -0.39 is 31.1 Å². The summed E-state index contributed by atoms with van der Waals surface area (Å²) in [5, 5.41) is 8.94. The van der Waals surface area contributed by atoms with E-state index >= 15 is 0 Å². The minimum atomic E-state index is -4.70. The average Bonchev–Trinajstić information content (AvgIpc) is 3.51. The molecule has 308 valence electrons. The molecule has 18 heteroatoms. The molecule has 2 amide bonds. The predicted molar refractivity (Wildman–Crippen MR) is 219 cm³/mol. The third-order valence-electron chi connectivity index (χ3n) is 10.5. The number of pyridine rings is 1. The molecule has 0 aliphatic carbocycles. The van der Waals surface area contributed by atoms with Crippen LogP contribution in [0, 0.1) is 0 Å². The van der Waals surface area contributed by atoms with Crippen LogP contribution in [-0.2, 0) is 47.2 Å². The van der Waals surface area contributed by atoms with E-state index in [1.807, 2.05) is 52.8 Å². The highest BCUT2D eigenvalue weighted by Crippen LogP contribution is 2.48. The summed E-state index contributed by atoms with van der Waals surface area (Å²) in [6.07, 6.45) is 9.68. The molecule has 5 rings (SSSR count). The van der Waals surface area contributed by atoms with E-state index in [0.29, 0.717) is 49.3 Å². The number of carbonyl (C=O) groups is 2. The zero-order valence-corrected chi connectivity index (χ0v) is 34.7. The summed E-state index contributed by atoms with van der Waals surface area (Å²) < 4.78 is 71.7. The summed E-state index contributed by atoms with van der Waals surface area (Å²) in [4.78, 5) is 33.3. The van der Waals surface area contributed by atoms with Crippen LogP contribution in [0.3, 0.4) is 0 Å². The number of rotatable bonds is 17. The third-order valence-corrected chi connectivity index (χ3v) is 12.2. The number of allylic oxidation sites excluding steroid dienone is 4. The summed E-state index contributed by atoms with van der Waals surface area (Å²) in [6, 6.07) is 12.3. The highest BCUT2D eigenvalue weighted by atomic mass is 32.2. The van der Waals surface area contributed by atoms with Crippen molar-refractivity contribution in [1.82, 2.24) is 10.3 Å². The molecular formula is C40H48N8O8S2. The molecule has 0 spiro atoms. The minimum absolute atomic E-state index is 0.0738. The van der Waals surface area contributed by atoms with Crippen LogP contribution in [-0.4, -0.2) is 72.7 Å². The normalized spacial score (nSPS) is 16.3. The Morgan fingerprint density at radius 3 is 2.34 bits per heavy atom. The van der Waals surface area contributed by atoms with Gasteiger partial charge in [-0.2, -0.15) is 13.0 Å². The van der Waals surface area contributed by atoms with Gasteiger partial charge in [-0.05, 0) is 93.2 Å². The van der Waals surface area contributed by atoms with Crippen LogP contribution in [0.15, 0.2) is 93.6 Å². The lowest BCUT2D eigenvalue weighted by atomic mass is 9.81. The summed E-state index contributed by atoms with van der Waals surface area (Å²) >= 11 is 0. The quantitative estimate of drug-likeness (QED) is 0.0339. The number of hydrogen-bond acceptors (Lipinski definition) is 10. The standard InChI is InChI=1S/C40H48N8O8S2/c1-6-47-33-18-16-29(57(51,52)53)23-31(33)39(2,3)35(47)11-10-12-36-40(4,5)32-24-30(58(54,55)56)17-19-34(32)48(36)22-9-7-8-13-37(49)42-21-20-38(50)45-28-15-14-27(43-25-28)26-44-46-41/h10-12,14-19,23-25H,6-9,13,20-22,26H2,1-5H3,(H3-,42,45,49,50,51,52,53,54,55,56). The number of nitrogens with one attached hydrogen (secondary N) is 2. The molecule has 0 radical (unpaired) electrons. The third kappa shape index (κ3) is 9.82. The molecule has 0 saturated heterocycles. The number of aromatic nitrogens is 1. The van der Waals surface area contributed by atoms with Crippen LogP contribution in [0.4, 0.5) is 17.1 Å². The molecule has 0 atom stereocenters. The number of hydrogen-bond donors (Lipinski definition) is 3. The van der Waals surface area contributed by atoms with Crippen molar-refractivity contribution in [3.05, 3.63) is 106 Å². The van der Waals surface area contributed by atoms with Crippen LogP contribution in [0.5, 0.6) is 0 Å². The molecule has 0 bridgehead atoms. The van der Waals surface area contributed by atoms with Gasteiger partial charge in [-0.15, -0.1) is 0 Å². The number of azide groups is 1. The topological polar surface area (TPSA) is 238 Å². The van der Waals surface area contributed by atoms with Crippen molar-refractivity contribution in [1.29, 1.82) is 0 Å². The molecule has 0 fully saturated rings. The van der Waals surface area contributed by atoms with Crippen molar-refractivity contribution >= 4 is 54.8 Å². The Kier molecular flexibility index (Phi) is 13.3. The van der Waals surface area contributed by atoms with Crippen molar-refractivity contribution in [3.8, 4) is 0 Å². The van der Waals surface area contributed by atoms with Crippen LogP contribution < -0.4 is 15.5 Å². The molecule has 3 aromatic rings. The monoisotopic (exact) mass is 832 g/mol. The number of nitrogens with zero attached hydrogens (tertiary/aromatic N) is 6. The zero-order chi connectivity index (χ0) is 42.5. The molecule has 58 heavy (non-hydrogen) atoms. The zero-order valence-electron chi connectivity index (χ0n) is 33.1. The SMILES string of the molecule is CCN1/C(=C/C=C/C2=[N+](CCCCCC(=O)NCCC(=O)Nc3ccc(CN=[N+]=[N-])nc3)c3ccc(S(=O)(=O)[O-])cc3C2(C)C)C(C)(C)c2cc(S(=O)(=O)O)ccc21. The number of carbonyl (C=O) groups excluding carboxylic acids is 2. The lowest BCUT2D eigenvalue weighted by Gasteiger charge is -2.25. The van der Waals surface area contributed by atoms with Crippen LogP contribution in [0.25, 0.3) is 10.4 Å². The first kappa shape index (κ1) is 43.7. The number of benzene rings is 2. The fraction of sp³-hybridized carbons (Fsp3) is 0.400. The van der Waals surface area contributed by atoms with Gasteiger partial charge in [-0.3, -0.25) is 19.1 Å². The maximum atomic E-state index is 12.6. The fourth-order valence-electron chi connectivity index (χ4n) is 7.49. The van der Waals surface area contributed by atoms with Gasteiger partial charge in [0, 0.05) is 77.5 Å². The average molecular weight is 833 g/mol. The smallest absolute Gasteiger partial charge is 0.294 e. The first-order chi connectivity index (χ1) is 27.3. The van der Waals surface area contributed by atoms with Gasteiger partial charge in [0.25, 0.3) is 10.1 Å². The fourth-order valence-corrected chi connectivity index (χ4v) is 8.50.